The van der Waals surface area contributed by atoms with Gasteiger partial charge in [0.1, 0.15) is 61.6 Å². The van der Waals surface area contributed by atoms with Gasteiger partial charge in [0, 0.05) is 0 Å². The van der Waals surface area contributed by atoms with E-state index in [-0.39, 0.29) is 26.4 Å². The number of allylic oxidation sites excluding steroid dienone is 2. The lowest BCUT2D eigenvalue weighted by Gasteiger charge is -2.15. The molecule has 0 fully saturated rings. The fourth-order valence-electron chi connectivity index (χ4n) is 5.19. The Hall–Kier alpha value is -5.58. The fourth-order valence-corrected chi connectivity index (χ4v) is 5.19. The largest absolute Gasteiger partial charge is 0.491 e. The predicted molar refractivity (Wildman–Crippen MR) is 179 cm³/mol. The SMILES string of the molecule is O=C(OCC(O)COc1ccc(Cc2ccc(OCC(O)COC(=O)c3ccc4c(c3)CC=CO4)cc2)cc1)c1ccc2c(c1)CC=CO2. The quantitative estimate of drug-likeness (QED) is 0.170. The Labute approximate surface area is 283 Å². The van der Waals surface area contributed by atoms with Crippen molar-refractivity contribution in [2.24, 2.45) is 0 Å². The van der Waals surface area contributed by atoms with E-state index in [1.54, 1.807) is 48.9 Å². The Morgan fingerprint density at radius 1 is 0.592 bits per heavy atom. The van der Waals surface area contributed by atoms with E-state index in [0.717, 1.165) is 22.3 Å². The number of fused-ring (bicyclic) bond motifs is 2. The maximum absolute atomic E-state index is 12.4. The van der Waals surface area contributed by atoms with E-state index in [1.807, 2.05) is 60.7 Å². The molecule has 4 aromatic rings. The number of aliphatic hydroxyl groups is 2. The number of rotatable bonds is 14. The van der Waals surface area contributed by atoms with E-state index >= 15 is 0 Å². The number of esters is 2. The summed E-state index contributed by atoms with van der Waals surface area (Å²) in [6.45, 7) is -0.450. The minimum atomic E-state index is -0.988. The molecular formula is C39H36O10. The zero-order chi connectivity index (χ0) is 34.0. The van der Waals surface area contributed by atoms with Crippen LogP contribution in [0.5, 0.6) is 23.0 Å². The topological polar surface area (TPSA) is 130 Å². The zero-order valence-electron chi connectivity index (χ0n) is 26.7. The summed E-state index contributed by atoms with van der Waals surface area (Å²) < 4.78 is 32.7. The van der Waals surface area contributed by atoms with Crippen molar-refractivity contribution in [1.82, 2.24) is 0 Å². The van der Waals surface area contributed by atoms with Gasteiger partial charge in [0.15, 0.2) is 0 Å². The van der Waals surface area contributed by atoms with Gasteiger partial charge in [-0.05, 0) is 114 Å². The number of benzene rings is 4. The van der Waals surface area contributed by atoms with E-state index in [4.69, 9.17) is 28.4 Å². The summed E-state index contributed by atoms with van der Waals surface area (Å²) >= 11 is 0. The van der Waals surface area contributed by atoms with E-state index in [2.05, 4.69) is 0 Å². The van der Waals surface area contributed by atoms with E-state index in [0.29, 0.717) is 53.4 Å². The minimum Gasteiger partial charge on any atom is -0.491 e. The number of carbonyl (C=O) groups excluding carboxylic acids is 2. The average molecular weight is 665 g/mol. The van der Waals surface area contributed by atoms with Crippen molar-refractivity contribution < 1.29 is 48.2 Å². The lowest BCUT2D eigenvalue weighted by Crippen LogP contribution is -2.25. The van der Waals surface area contributed by atoms with Crippen LogP contribution in [0.4, 0.5) is 0 Å². The lowest BCUT2D eigenvalue weighted by atomic mass is 10.0. The molecule has 49 heavy (non-hydrogen) atoms. The maximum atomic E-state index is 12.4. The molecule has 252 valence electrons. The van der Waals surface area contributed by atoms with Crippen LogP contribution in [-0.2, 0) is 28.7 Å². The molecule has 4 aromatic carbocycles. The molecule has 0 aliphatic carbocycles. The summed E-state index contributed by atoms with van der Waals surface area (Å²) in [6, 6.07) is 25.2. The second kappa shape index (κ2) is 16.0. The van der Waals surface area contributed by atoms with Gasteiger partial charge in [0.05, 0.1) is 23.7 Å². The summed E-state index contributed by atoms with van der Waals surface area (Å²) in [4.78, 5) is 24.8. The van der Waals surface area contributed by atoms with Crippen molar-refractivity contribution in [2.45, 2.75) is 31.5 Å². The molecule has 2 N–H and O–H groups in total. The fraction of sp³-hybridized carbons (Fsp3) is 0.231. The van der Waals surface area contributed by atoms with Gasteiger partial charge in [0.2, 0.25) is 0 Å². The van der Waals surface area contributed by atoms with Crippen molar-refractivity contribution in [3.63, 3.8) is 0 Å². The van der Waals surface area contributed by atoms with Gasteiger partial charge in [-0.1, -0.05) is 24.3 Å². The molecule has 10 nitrogen and oxygen atoms in total. The van der Waals surface area contributed by atoms with Crippen LogP contribution in [0.3, 0.4) is 0 Å². The summed E-state index contributed by atoms with van der Waals surface area (Å²) in [5.41, 5.74) is 4.71. The van der Waals surface area contributed by atoms with Gasteiger partial charge in [-0.3, -0.25) is 0 Å². The van der Waals surface area contributed by atoms with E-state index < -0.39 is 24.1 Å². The summed E-state index contributed by atoms with van der Waals surface area (Å²) in [5, 5.41) is 20.6. The molecule has 2 atom stereocenters. The van der Waals surface area contributed by atoms with Crippen LogP contribution in [0, 0.1) is 0 Å². The second-order valence-electron chi connectivity index (χ2n) is 11.6. The number of aliphatic hydroxyl groups excluding tert-OH is 2. The Balaban J connectivity index is 0.877. The lowest BCUT2D eigenvalue weighted by molar-refractivity contribution is 0.0127. The predicted octanol–water partition coefficient (Wildman–Crippen LogP) is 5.37. The molecule has 2 unspecified atom stereocenters. The highest BCUT2D eigenvalue weighted by atomic mass is 16.6. The molecule has 10 heteroatoms. The van der Waals surface area contributed by atoms with Crippen LogP contribution in [0.1, 0.15) is 43.0 Å². The van der Waals surface area contributed by atoms with Gasteiger partial charge in [-0.25, -0.2) is 9.59 Å². The molecule has 2 heterocycles. The average Bonchev–Trinajstić information content (AvgIpc) is 3.15. The van der Waals surface area contributed by atoms with Gasteiger partial charge in [-0.15, -0.1) is 0 Å². The first kappa shape index (κ1) is 33.3. The Bertz CT molecular complexity index is 1680. The standard InChI is InChI=1S/C39H36O10/c40-32(24-48-38(42)30-9-15-36-28(20-30)3-1-17-44-36)22-46-34-11-5-26(6-12-34)19-27-7-13-35(14-8-27)47-23-33(41)25-49-39(43)31-10-16-37-29(21-31)4-2-18-45-37/h1-2,5-18,20-21,32-33,40-41H,3-4,19,22-25H2. The van der Waals surface area contributed by atoms with Crippen LogP contribution >= 0.6 is 0 Å². The third-order valence-electron chi connectivity index (χ3n) is 7.80. The van der Waals surface area contributed by atoms with Crippen molar-refractivity contribution in [3.05, 3.63) is 143 Å². The minimum absolute atomic E-state index is 0.0312. The molecule has 0 saturated heterocycles. The highest BCUT2D eigenvalue weighted by molar-refractivity contribution is 5.90. The zero-order valence-corrected chi connectivity index (χ0v) is 26.7. The van der Waals surface area contributed by atoms with E-state index in [9.17, 15) is 19.8 Å². The molecule has 2 aliphatic heterocycles. The Morgan fingerprint density at radius 2 is 1.02 bits per heavy atom. The Kier molecular flexibility index (Phi) is 10.9. The van der Waals surface area contributed by atoms with Crippen molar-refractivity contribution in [2.75, 3.05) is 26.4 Å². The van der Waals surface area contributed by atoms with Crippen LogP contribution in [0.25, 0.3) is 0 Å². The van der Waals surface area contributed by atoms with E-state index in [1.165, 1.54) is 0 Å². The van der Waals surface area contributed by atoms with Crippen LogP contribution in [0.2, 0.25) is 0 Å². The van der Waals surface area contributed by atoms with Crippen LogP contribution < -0.4 is 18.9 Å². The van der Waals surface area contributed by atoms with Crippen molar-refractivity contribution in [1.29, 1.82) is 0 Å². The van der Waals surface area contributed by atoms with Crippen molar-refractivity contribution in [3.8, 4) is 23.0 Å². The number of ether oxygens (including phenoxy) is 6. The summed E-state index contributed by atoms with van der Waals surface area (Å²) in [7, 11) is 0. The number of carbonyl (C=O) groups is 2. The molecule has 6 rings (SSSR count). The maximum Gasteiger partial charge on any atom is 0.338 e. The van der Waals surface area contributed by atoms with Gasteiger partial charge in [-0.2, -0.15) is 0 Å². The summed E-state index contributed by atoms with van der Waals surface area (Å²) in [6.07, 6.45) is 7.02. The van der Waals surface area contributed by atoms with Crippen molar-refractivity contribution >= 4 is 11.9 Å². The first-order valence-corrected chi connectivity index (χ1v) is 15.9. The molecule has 0 spiro atoms. The monoisotopic (exact) mass is 664 g/mol. The number of hydrogen-bond acceptors (Lipinski definition) is 10. The van der Waals surface area contributed by atoms with Gasteiger partial charge >= 0.3 is 11.9 Å². The smallest absolute Gasteiger partial charge is 0.338 e. The van der Waals surface area contributed by atoms with Gasteiger partial charge in [0.25, 0.3) is 0 Å². The molecular weight excluding hydrogens is 628 g/mol. The molecule has 0 bridgehead atoms. The van der Waals surface area contributed by atoms with Crippen LogP contribution in [0.15, 0.2) is 110 Å². The highest BCUT2D eigenvalue weighted by Crippen LogP contribution is 2.26. The number of hydrogen-bond donors (Lipinski definition) is 2. The molecule has 0 amide bonds. The van der Waals surface area contributed by atoms with Gasteiger partial charge < -0.3 is 38.6 Å². The Morgan fingerprint density at radius 3 is 1.45 bits per heavy atom. The normalized spacial score (nSPS) is 13.9. The molecule has 2 aliphatic rings. The second-order valence-corrected chi connectivity index (χ2v) is 11.6. The first-order chi connectivity index (χ1) is 23.9. The highest BCUT2D eigenvalue weighted by Gasteiger charge is 2.17. The third-order valence-corrected chi connectivity index (χ3v) is 7.80. The molecule has 0 saturated carbocycles. The van der Waals surface area contributed by atoms with Crippen LogP contribution in [-0.4, -0.2) is 60.8 Å². The molecule has 0 aromatic heterocycles. The third kappa shape index (κ3) is 9.28. The summed E-state index contributed by atoms with van der Waals surface area (Å²) in [5.74, 6) is 1.55. The first-order valence-electron chi connectivity index (χ1n) is 15.9. The molecule has 0 radical (unpaired) electrons.